The van der Waals surface area contributed by atoms with E-state index in [0.29, 0.717) is 5.69 Å². The van der Waals surface area contributed by atoms with Crippen molar-refractivity contribution in [3.8, 4) is 0 Å². The molecule has 0 amide bonds. The Labute approximate surface area is 106 Å². The first-order valence-corrected chi connectivity index (χ1v) is 6.48. The fourth-order valence-corrected chi connectivity index (χ4v) is 2.57. The molecular formula is C14H17N3O. The van der Waals surface area contributed by atoms with E-state index in [1.165, 1.54) is 24.9 Å². The minimum Gasteiger partial charge on any atom is -0.390 e. The van der Waals surface area contributed by atoms with Crippen LogP contribution in [0, 0.1) is 0 Å². The lowest BCUT2D eigenvalue weighted by atomic mass is 10.1. The number of rotatable bonds is 2. The molecule has 94 valence electrons. The summed E-state index contributed by atoms with van der Waals surface area (Å²) in [5, 5.41) is 10.3. The van der Waals surface area contributed by atoms with Crippen LogP contribution >= 0.6 is 0 Å². The van der Waals surface area contributed by atoms with Crippen molar-refractivity contribution >= 4 is 16.6 Å². The minimum absolute atomic E-state index is 0.0235. The molecule has 18 heavy (non-hydrogen) atoms. The Hall–Kier alpha value is -1.68. The highest BCUT2D eigenvalue weighted by atomic mass is 16.3. The molecule has 4 nitrogen and oxygen atoms in total. The van der Waals surface area contributed by atoms with Gasteiger partial charge in [-0.3, -0.25) is 9.97 Å². The molecule has 0 aromatic carbocycles. The third kappa shape index (κ3) is 2.04. The number of aliphatic hydroxyl groups excluding tert-OH is 1. The average Bonchev–Trinajstić information content (AvgIpc) is 2.47. The van der Waals surface area contributed by atoms with Crippen LogP contribution in [0.4, 0.5) is 5.69 Å². The molecule has 4 heteroatoms. The van der Waals surface area contributed by atoms with E-state index in [4.69, 9.17) is 0 Å². The molecule has 1 N–H and O–H groups in total. The predicted molar refractivity (Wildman–Crippen MR) is 71.5 cm³/mol. The highest BCUT2D eigenvalue weighted by Crippen LogP contribution is 2.27. The monoisotopic (exact) mass is 243 g/mol. The number of nitrogens with zero attached hydrogens (tertiary/aromatic N) is 3. The van der Waals surface area contributed by atoms with Gasteiger partial charge in [0.1, 0.15) is 0 Å². The first-order chi connectivity index (χ1) is 8.88. The molecule has 2 aromatic rings. The van der Waals surface area contributed by atoms with Crippen molar-refractivity contribution in [3.05, 3.63) is 30.2 Å². The molecule has 0 aliphatic carbocycles. The van der Waals surface area contributed by atoms with Gasteiger partial charge in [-0.15, -0.1) is 0 Å². The molecule has 1 aliphatic rings. The number of hydrogen-bond donors (Lipinski definition) is 1. The maximum atomic E-state index is 9.20. The molecule has 1 fully saturated rings. The largest absolute Gasteiger partial charge is 0.390 e. The molecule has 3 heterocycles. The summed E-state index contributed by atoms with van der Waals surface area (Å²) in [5.74, 6) is 0. The Balaban J connectivity index is 2.09. The van der Waals surface area contributed by atoms with E-state index < -0.39 is 0 Å². The lowest BCUT2D eigenvalue weighted by molar-refractivity contribution is 0.277. The van der Waals surface area contributed by atoms with Gasteiger partial charge in [-0.05, 0) is 31.4 Å². The Morgan fingerprint density at radius 1 is 1.17 bits per heavy atom. The lowest BCUT2D eigenvalue weighted by Gasteiger charge is -2.29. The normalized spacial score (nSPS) is 16.2. The molecular weight excluding hydrogens is 226 g/mol. The third-order valence-electron chi connectivity index (χ3n) is 3.52. The van der Waals surface area contributed by atoms with Crippen LogP contribution in [0.3, 0.4) is 0 Å². The molecule has 0 bridgehead atoms. The van der Waals surface area contributed by atoms with Gasteiger partial charge in [0, 0.05) is 30.4 Å². The van der Waals surface area contributed by atoms with Crippen molar-refractivity contribution in [2.75, 3.05) is 18.0 Å². The second-order valence-electron chi connectivity index (χ2n) is 4.73. The molecule has 0 unspecified atom stereocenters. The highest BCUT2D eigenvalue weighted by molar-refractivity contribution is 5.91. The zero-order chi connectivity index (χ0) is 12.4. The standard InChI is InChI=1S/C14H17N3O/c18-10-11-8-12-13(9-16-11)15-5-4-14(12)17-6-2-1-3-7-17/h4-5,8-9,18H,1-3,6-7,10H2. The van der Waals surface area contributed by atoms with E-state index in [-0.39, 0.29) is 6.61 Å². The zero-order valence-electron chi connectivity index (χ0n) is 10.3. The quantitative estimate of drug-likeness (QED) is 0.877. The van der Waals surface area contributed by atoms with Crippen molar-refractivity contribution in [3.63, 3.8) is 0 Å². The molecule has 0 spiro atoms. The van der Waals surface area contributed by atoms with Crippen LogP contribution in [0.25, 0.3) is 10.9 Å². The number of anilines is 1. The SMILES string of the molecule is OCc1cc2c(N3CCCCC3)ccnc2cn1. The van der Waals surface area contributed by atoms with E-state index in [1.54, 1.807) is 6.20 Å². The second kappa shape index (κ2) is 4.90. The summed E-state index contributed by atoms with van der Waals surface area (Å²) in [4.78, 5) is 10.9. The van der Waals surface area contributed by atoms with E-state index in [1.807, 2.05) is 12.3 Å². The fraction of sp³-hybridized carbons (Fsp3) is 0.429. The molecule has 1 aliphatic heterocycles. The van der Waals surface area contributed by atoms with Gasteiger partial charge in [0.2, 0.25) is 0 Å². The van der Waals surface area contributed by atoms with Crippen molar-refractivity contribution in [1.29, 1.82) is 0 Å². The van der Waals surface area contributed by atoms with Gasteiger partial charge >= 0.3 is 0 Å². The van der Waals surface area contributed by atoms with Crippen molar-refractivity contribution in [2.45, 2.75) is 25.9 Å². The van der Waals surface area contributed by atoms with Gasteiger partial charge in [-0.2, -0.15) is 0 Å². The Morgan fingerprint density at radius 3 is 2.78 bits per heavy atom. The van der Waals surface area contributed by atoms with E-state index in [9.17, 15) is 5.11 Å². The van der Waals surface area contributed by atoms with Crippen LogP contribution in [0.5, 0.6) is 0 Å². The van der Waals surface area contributed by atoms with E-state index >= 15 is 0 Å². The smallest absolute Gasteiger partial charge is 0.0906 e. The summed E-state index contributed by atoms with van der Waals surface area (Å²) in [6.07, 6.45) is 7.41. The first-order valence-electron chi connectivity index (χ1n) is 6.48. The first kappa shape index (κ1) is 11.4. The Bertz CT molecular complexity index is 550. The maximum absolute atomic E-state index is 9.20. The summed E-state index contributed by atoms with van der Waals surface area (Å²) in [6.45, 7) is 2.19. The molecule has 0 saturated carbocycles. The van der Waals surface area contributed by atoms with Crippen molar-refractivity contribution in [2.24, 2.45) is 0 Å². The Kier molecular flexibility index (Phi) is 3.11. The minimum atomic E-state index is -0.0235. The van der Waals surface area contributed by atoms with Crippen molar-refractivity contribution < 1.29 is 5.11 Å². The van der Waals surface area contributed by atoms with Crippen LogP contribution in [0.2, 0.25) is 0 Å². The number of aliphatic hydroxyl groups is 1. The molecule has 2 aromatic heterocycles. The van der Waals surface area contributed by atoms with Crippen LogP contribution in [0.15, 0.2) is 24.5 Å². The van der Waals surface area contributed by atoms with E-state index in [2.05, 4.69) is 20.9 Å². The number of piperidine rings is 1. The van der Waals surface area contributed by atoms with Crippen molar-refractivity contribution in [1.82, 2.24) is 9.97 Å². The number of pyridine rings is 2. The van der Waals surface area contributed by atoms with Crippen LogP contribution in [0.1, 0.15) is 25.0 Å². The van der Waals surface area contributed by atoms with Crippen LogP contribution < -0.4 is 4.90 Å². The predicted octanol–water partition coefficient (Wildman–Crippen LogP) is 2.11. The van der Waals surface area contributed by atoms with E-state index in [0.717, 1.165) is 24.0 Å². The van der Waals surface area contributed by atoms with Gasteiger partial charge in [0.25, 0.3) is 0 Å². The van der Waals surface area contributed by atoms with Gasteiger partial charge in [-0.1, -0.05) is 0 Å². The van der Waals surface area contributed by atoms with Gasteiger partial charge in [0.15, 0.2) is 0 Å². The Morgan fingerprint density at radius 2 is 2.00 bits per heavy atom. The molecule has 0 radical (unpaired) electrons. The summed E-state index contributed by atoms with van der Waals surface area (Å²) in [7, 11) is 0. The second-order valence-corrected chi connectivity index (χ2v) is 4.73. The summed E-state index contributed by atoms with van der Waals surface area (Å²) >= 11 is 0. The third-order valence-corrected chi connectivity index (χ3v) is 3.52. The average molecular weight is 243 g/mol. The fourth-order valence-electron chi connectivity index (χ4n) is 2.57. The molecule has 1 saturated heterocycles. The lowest BCUT2D eigenvalue weighted by Crippen LogP contribution is -2.29. The highest BCUT2D eigenvalue weighted by Gasteiger charge is 2.14. The summed E-state index contributed by atoms with van der Waals surface area (Å²) < 4.78 is 0. The van der Waals surface area contributed by atoms with Crippen LogP contribution in [-0.4, -0.2) is 28.2 Å². The van der Waals surface area contributed by atoms with Gasteiger partial charge in [0.05, 0.1) is 24.0 Å². The molecule has 0 atom stereocenters. The topological polar surface area (TPSA) is 49.2 Å². The van der Waals surface area contributed by atoms with Gasteiger partial charge < -0.3 is 10.0 Å². The van der Waals surface area contributed by atoms with Crippen LogP contribution in [-0.2, 0) is 6.61 Å². The molecule has 3 rings (SSSR count). The summed E-state index contributed by atoms with van der Waals surface area (Å²) in [5.41, 5.74) is 2.82. The summed E-state index contributed by atoms with van der Waals surface area (Å²) in [6, 6.07) is 4.01. The van der Waals surface area contributed by atoms with Gasteiger partial charge in [-0.25, -0.2) is 0 Å². The zero-order valence-corrected chi connectivity index (χ0v) is 10.3. The number of fused-ring (bicyclic) bond motifs is 1. The maximum Gasteiger partial charge on any atom is 0.0906 e. The number of hydrogen-bond acceptors (Lipinski definition) is 4. The number of aromatic nitrogens is 2.